The molecule has 6 heteroatoms. The van der Waals surface area contributed by atoms with E-state index in [1.54, 1.807) is 6.20 Å². The molecule has 0 saturated carbocycles. The number of nitrogens with zero attached hydrogens (tertiary/aromatic N) is 1. The Bertz CT molecular complexity index is 863. The number of carbonyl (C=O) groups is 1. The van der Waals surface area contributed by atoms with Crippen molar-refractivity contribution in [1.82, 2.24) is 9.97 Å². The summed E-state index contributed by atoms with van der Waals surface area (Å²) in [7, 11) is 0. The van der Waals surface area contributed by atoms with E-state index in [0.29, 0.717) is 5.69 Å². The van der Waals surface area contributed by atoms with E-state index in [0.717, 1.165) is 22.2 Å². The van der Waals surface area contributed by atoms with Crippen molar-refractivity contribution in [3.05, 3.63) is 48.8 Å². The molecule has 0 bridgehead atoms. The molecule has 24 heavy (non-hydrogen) atoms. The second kappa shape index (κ2) is 6.07. The molecule has 2 aromatic heterocycles. The molecule has 0 saturated heterocycles. The van der Waals surface area contributed by atoms with Crippen molar-refractivity contribution in [2.45, 2.75) is 25.5 Å². The van der Waals surface area contributed by atoms with Gasteiger partial charge in [-0.15, -0.1) is 0 Å². The lowest BCUT2D eigenvalue weighted by Gasteiger charge is -2.24. The molecule has 5 N–H and O–H groups in total. The number of aliphatic hydroxyl groups is 1. The van der Waals surface area contributed by atoms with Gasteiger partial charge in [-0.25, -0.2) is 4.98 Å². The number of benzene rings is 1. The van der Waals surface area contributed by atoms with Crippen molar-refractivity contribution in [3.63, 3.8) is 0 Å². The Labute approximate surface area is 139 Å². The highest BCUT2D eigenvalue weighted by Gasteiger charge is 2.29. The summed E-state index contributed by atoms with van der Waals surface area (Å²) in [4.78, 5) is 19.4. The summed E-state index contributed by atoms with van der Waals surface area (Å²) >= 11 is 0. The first-order chi connectivity index (χ1) is 11.4. The van der Waals surface area contributed by atoms with Crippen molar-refractivity contribution in [2.24, 2.45) is 5.73 Å². The quantitative estimate of drug-likeness (QED) is 0.591. The highest BCUT2D eigenvalue weighted by Crippen LogP contribution is 2.27. The lowest BCUT2D eigenvalue weighted by Crippen LogP contribution is -2.51. The summed E-state index contributed by atoms with van der Waals surface area (Å²) in [6.07, 6.45) is 3.61. The number of hydrogen-bond donors (Lipinski definition) is 4. The van der Waals surface area contributed by atoms with Crippen LogP contribution in [0.25, 0.3) is 22.2 Å². The van der Waals surface area contributed by atoms with E-state index in [2.05, 4.69) is 15.3 Å². The van der Waals surface area contributed by atoms with Gasteiger partial charge in [-0.3, -0.25) is 4.79 Å². The second-order valence-electron chi connectivity index (χ2n) is 6.30. The molecule has 1 aromatic carbocycles. The molecule has 0 fully saturated rings. The van der Waals surface area contributed by atoms with Gasteiger partial charge >= 0.3 is 0 Å². The highest BCUT2D eigenvalue weighted by molar-refractivity contribution is 5.96. The maximum absolute atomic E-state index is 12.0. The van der Waals surface area contributed by atoms with E-state index in [9.17, 15) is 9.90 Å². The van der Waals surface area contributed by atoms with Crippen molar-refractivity contribution in [1.29, 1.82) is 0 Å². The Hall–Kier alpha value is -2.70. The molecule has 0 radical (unpaired) electrons. The maximum atomic E-state index is 12.0. The number of hydrogen-bond acceptors (Lipinski definition) is 4. The number of aromatic nitrogens is 2. The molecule has 0 aliphatic rings. The van der Waals surface area contributed by atoms with Crippen LogP contribution < -0.4 is 11.1 Å². The second-order valence-corrected chi connectivity index (χ2v) is 6.30. The van der Waals surface area contributed by atoms with Gasteiger partial charge in [0.2, 0.25) is 5.91 Å². The number of carbonyl (C=O) groups excluding carboxylic acids is 1. The molecule has 0 aliphatic carbocycles. The molecule has 0 unspecified atom stereocenters. The molecule has 2 heterocycles. The van der Waals surface area contributed by atoms with Crippen molar-refractivity contribution in [2.75, 3.05) is 5.32 Å². The standard InChI is InChI=1S/C18H20N4O2/c1-18(2,24)15(19)17(23)22-12-5-3-11(4-6-12)13-7-9-20-16-14(13)8-10-21-16/h3-10,15,24H,19H2,1-2H3,(H,20,21)(H,22,23)/t15-/m0/s1. The molecule has 1 atom stereocenters. The van der Waals surface area contributed by atoms with Gasteiger partial charge in [0.15, 0.2) is 0 Å². The number of amides is 1. The number of aromatic amines is 1. The van der Waals surface area contributed by atoms with Crippen molar-refractivity contribution < 1.29 is 9.90 Å². The monoisotopic (exact) mass is 324 g/mol. The summed E-state index contributed by atoms with van der Waals surface area (Å²) in [6.45, 7) is 3.01. The Balaban J connectivity index is 1.81. The van der Waals surface area contributed by atoms with E-state index >= 15 is 0 Å². The van der Waals surface area contributed by atoms with Crippen LogP contribution in [0.2, 0.25) is 0 Å². The fourth-order valence-electron chi connectivity index (χ4n) is 2.49. The summed E-state index contributed by atoms with van der Waals surface area (Å²) in [6, 6.07) is 10.4. The third-order valence-electron chi connectivity index (χ3n) is 3.97. The van der Waals surface area contributed by atoms with E-state index in [1.165, 1.54) is 13.8 Å². The zero-order valence-electron chi connectivity index (χ0n) is 13.6. The third-order valence-corrected chi connectivity index (χ3v) is 3.97. The first-order valence-corrected chi connectivity index (χ1v) is 7.67. The zero-order chi connectivity index (χ0) is 17.3. The fraction of sp³-hybridized carbons (Fsp3) is 0.222. The van der Waals surface area contributed by atoms with Crippen LogP contribution in [-0.4, -0.2) is 32.6 Å². The molecule has 0 aliphatic heterocycles. The number of nitrogens with two attached hydrogens (primary N) is 1. The van der Waals surface area contributed by atoms with E-state index in [-0.39, 0.29) is 0 Å². The lowest BCUT2D eigenvalue weighted by atomic mass is 9.99. The van der Waals surface area contributed by atoms with Gasteiger partial charge in [-0.05, 0) is 49.2 Å². The Morgan fingerprint density at radius 1 is 1.25 bits per heavy atom. The minimum Gasteiger partial charge on any atom is -0.388 e. The van der Waals surface area contributed by atoms with E-state index in [4.69, 9.17) is 5.73 Å². The zero-order valence-corrected chi connectivity index (χ0v) is 13.6. The number of fused-ring (bicyclic) bond motifs is 1. The molecular weight excluding hydrogens is 304 g/mol. The number of rotatable bonds is 4. The molecule has 1 amide bonds. The Morgan fingerprint density at radius 3 is 2.62 bits per heavy atom. The SMILES string of the molecule is CC(C)(O)[C@@H](N)C(=O)Nc1ccc(-c2ccnc3[nH]ccc23)cc1. The topological polar surface area (TPSA) is 104 Å². The first-order valence-electron chi connectivity index (χ1n) is 7.67. The summed E-state index contributed by atoms with van der Waals surface area (Å²) in [5.74, 6) is -0.424. The van der Waals surface area contributed by atoms with Crippen molar-refractivity contribution in [3.8, 4) is 11.1 Å². The van der Waals surface area contributed by atoms with Crippen molar-refractivity contribution >= 4 is 22.6 Å². The normalized spacial score (nSPS) is 13.0. The van der Waals surface area contributed by atoms with Crippen LogP contribution >= 0.6 is 0 Å². The minimum absolute atomic E-state index is 0.424. The van der Waals surface area contributed by atoms with E-state index in [1.807, 2.05) is 42.6 Å². The summed E-state index contributed by atoms with van der Waals surface area (Å²) in [5.41, 5.74) is 8.01. The maximum Gasteiger partial charge on any atom is 0.244 e. The smallest absolute Gasteiger partial charge is 0.244 e. The molecule has 3 aromatic rings. The lowest BCUT2D eigenvalue weighted by molar-refractivity contribution is -0.122. The van der Waals surface area contributed by atoms with Crippen LogP contribution in [-0.2, 0) is 4.79 Å². The van der Waals surface area contributed by atoms with Gasteiger partial charge in [0.1, 0.15) is 11.7 Å². The first kappa shape index (κ1) is 16.2. The Kier molecular flexibility index (Phi) is 4.09. The number of nitrogens with one attached hydrogen (secondary N) is 2. The summed E-state index contributed by atoms with van der Waals surface area (Å²) < 4.78 is 0. The summed E-state index contributed by atoms with van der Waals surface area (Å²) in [5, 5.41) is 13.6. The predicted octanol–water partition coefficient (Wildman–Crippen LogP) is 2.27. The van der Waals surface area contributed by atoms with Crippen LogP contribution in [0.1, 0.15) is 13.8 Å². The van der Waals surface area contributed by atoms with Gasteiger partial charge < -0.3 is 21.1 Å². The molecule has 0 spiro atoms. The molecular formula is C18H20N4O2. The number of H-pyrrole nitrogens is 1. The molecule has 6 nitrogen and oxygen atoms in total. The van der Waals surface area contributed by atoms with Crippen LogP contribution in [0.3, 0.4) is 0 Å². The largest absolute Gasteiger partial charge is 0.388 e. The Morgan fingerprint density at radius 2 is 1.96 bits per heavy atom. The van der Waals surface area contributed by atoms with Crippen LogP contribution in [0.4, 0.5) is 5.69 Å². The minimum atomic E-state index is -1.28. The highest BCUT2D eigenvalue weighted by atomic mass is 16.3. The van der Waals surface area contributed by atoms with Gasteiger partial charge in [-0.1, -0.05) is 12.1 Å². The average Bonchev–Trinajstić information content (AvgIpc) is 3.02. The van der Waals surface area contributed by atoms with Crippen LogP contribution in [0.15, 0.2) is 48.8 Å². The van der Waals surface area contributed by atoms with Gasteiger partial charge in [0.05, 0.1) is 5.60 Å². The number of pyridine rings is 1. The van der Waals surface area contributed by atoms with E-state index < -0.39 is 17.6 Å². The average molecular weight is 324 g/mol. The van der Waals surface area contributed by atoms with Gasteiger partial charge in [0, 0.05) is 23.5 Å². The van der Waals surface area contributed by atoms with Crippen LogP contribution in [0.5, 0.6) is 0 Å². The van der Waals surface area contributed by atoms with Gasteiger partial charge in [0.25, 0.3) is 0 Å². The molecule has 124 valence electrons. The fourth-order valence-corrected chi connectivity index (χ4v) is 2.49. The predicted molar refractivity (Wildman–Crippen MR) is 94.4 cm³/mol. The molecule has 3 rings (SSSR count). The number of anilines is 1. The van der Waals surface area contributed by atoms with Gasteiger partial charge in [-0.2, -0.15) is 0 Å². The third kappa shape index (κ3) is 3.15. The van der Waals surface area contributed by atoms with Crippen LogP contribution in [0, 0.1) is 0 Å².